The van der Waals surface area contributed by atoms with Crippen LogP contribution in [0, 0.1) is 6.92 Å². The van der Waals surface area contributed by atoms with Gasteiger partial charge in [-0.2, -0.15) is 0 Å². The third-order valence-corrected chi connectivity index (χ3v) is 6.32. The molecule has 0 bridgehead atoms. The molecule has 0 saturated carbocycles. The Morgan fingerprint density at radius 3 is 2.41 bits per heavy atom. The standard InChI is InChI=1S/C24H23ClN4O5/c1-5-34-22(31)17-13-28(16-9-10-19-20(11-16)27(4)23(32)26(19)3)24(33)29(21(17)30)12-15-7-6-8-18(25)14(15)2/h6-11,13H,5,12H2,1-4H3. The molecule has 2 heterocycles. The zero-order valence-corrected chi connectivity index (χ0v) is 19.9. The van der Waals surface area contributed by atoms with E-state index in [9.17, 15) is 19.2 Å². The number of esters is 1. The highest BCUT2D eigenvalue weighted by molar-refractivity contribution is 6.31. The Morgan fingerprint density at radius 1 is 1.00 bits per heavy atom. The number of benzene rings is 2. The Labute approximate surface area is 199 Å². The Morgan fingerprint density at radius 2 is 1.71 bits per heavy atom. The first-order valence-electron chi connectivity index (χ1n) is 10.6. The van der Waals surface area contributed by atoms with Gasteiger partial charge in [-0.3, -0.25) is 23.1 Å². The van der Waals surface area contributed by atoms with E-state index >= 15 is 0 Å². The number of hydrogen-bond acceptors (Lipinski definition) is 5. The van der Waals surface area contributed by atoms with Crippen LogP contribution in [0.1, 0.15) is 28.4 Å². The van der Waals surface area contributed by atoms with Crippen LogP contribution in [0.5, 0.6) is 0 Å². The highest BCUT2D eigenvalue weighted by Crippen LogP contribution is 2.20. The van der Waals surface area contributed by atoms with Crippen molar-refractivity contribution in [1.29, 1.82) is 0 Å². The van der Waals surface area contributed by atoms with E-state index in [4.69, 9.17) is 16.3 Å². The molecule has 0 N–H and O–H groups in total. The van der Waals surface area contributed by atoms with Gasteiger partial charge in [0, 0.05) is 25.3 Å². The summed E-state index contributed by atoms with van der Waals surface area (Å²) in [6.45, 7) is 3.41. The van der Waals surface area contributed by atoms with Gasteiger partial charge in [0.15, 0.2) is 0 Å². The molecule has 10 heteroatoms. The van der Waals surface area contributed by atoms with E-state index in [1.807, 2.05) is 0 Å². The van der Waals surface area contributed by atoms with Crippen LogP contribution in [-0.4, -0.2) is 30.8 Å². The van der Waals surface area contributed by atoms with Crippen LogP contribution in [-0.2, 0) is 25.4 Å². The summed E-state index contributed by atoms with van der Waals surface area (Å²) >= 11 is 6.22. The lowest BCUT2D eigenvalue weighted by molar-refractivity contribution is 0.0522. The monoisotopic (exact) mass is 482 g/mol. The van der Waals surface area contributed by atoms with Crippen molar-refractivity contribution in [3.8, 4) is 5.69 Å². The Balaban J connectivity index is 1.99. The second-order valence-corrected chi connectivity index (χ2v) is 8.31. The van der Waals surface area contributed by atoms with Crippen molar-refractivity contribution in [2.24, 2.45) is 14.1 Å². The molecular formula is C24H23ClN4O5. The third-order valence-electron chi connectivity index (χ3n) is 5.91. The predicted octanol–water partition coefficient (Wildman–Crippen LogP) is 2.38. The molecule has 0 aliphatic heterocycles. The van der Waals surface area contributed by atoms with E-state index in [0.717, 1.165) is 10.1 Å². The second-order valence-electron chi connectivity index (χ2n) is 7.90. The summed E-state index contributed by atoms with van der Waals surface area (Å²) in [5.74, 6) is -0.828. The van der Waals surface area contributed by atoms with Crippen LogP contribution in [0.4, 0.5) is 0 Å². The molecule has 34 heavy (non-hydrogen) atoms. The summed E-state index contributed by atoms with van der Waals surface area (Å²) in [6, 6.07) is 10.2. The number of nitrogens with zero attached hydrogens (tertiary/aromatic N) is 4. The summed E-state index contributed by atoms with van der Waals surface area (Å²) in [5, 5.41) is 0.503. The molecule has 0 saturated heterocycles. The van der Waals surface area contributed by atoms with E-state index in [2.05, 4.69) is 0 Å². The lowest BCUT2D eigenvalue weighted by atomic mass is 10.1. The maximum Gasteiger partial charge on any atom is 0.345 e. The van der Waals surface area contributed by atoms with Crippen molar-refractivity contribution in [3.05, 3.63) is 95.6 Å². The summed E-state index contributed by atoms with van der Waals surface area (Å²) in [6.07, 6.45) is 1.19. The second kappa shape index (κ2) is 8.83. The van der Waals surface area contributed by atoms with E-state index in [-0.39, 0.29) is 24.4 Å². The van der Waals surface area contributed by atoms with E-state index in [0.29, 0.717) is 27.3 Å². The van der Waals surface area contributed by atoms with Gasteiger partial charge in [-0.05, 0) is 49.2 Å². The first-order chi connectivity index (χ1) is 16.1. The molecule has 4 aromatic rings. The van der Waals surface area contributed by atoms with Gasteiger partial charge in [-0.1, -0.05) is 23.7 Å². The van der Waals surface area contributed by atoms with Gasteiger partial charge in [-0.15, -0.1) is 0 Å². The van der Waals surface area contributed by atoms with E-state index < -0.39 is 17.2 Å². The molecule has 2 aromatic heterocycles. The minimum absolute atomic E-state index is 0.0723. The number of ether oxygens (including phenoxy) is 1. The van der Waals surface area contributed by atoms with Crippen molar-refractivity contribution in [1.82, 2.24) is 18.3 Å². The van der Waals surface area contributed by atoms with Crippen LogP contribution in [0.2, 0.25) is 5.02 Å². The molecule has 9 nitrogen and oxygen atoms in total. The fourth-order valence-electron chi connectivity index (χ4n) is 3.91. The number of carbonyl (C=O) groups excluding carboxylic acids is 1. The van der Waals surface area contributed by atoms with Gasteiger partial charge in [0.1, 0.15) is 5.56 Å². The lowest BCUT2D eigenvalue weighted by Gasteiger charge is -2.14. The number of halogens is 1. The number of hydrogen-bond donors (Lipinski definition) is 0. The van der Waals surface area contributed by atoms with Gasteiger partial charge in [0.2, 0.25) is 0 Å². The van der Waals surface area contributed by atoms with Crippen LogP contribution < -0.4 is 16.9 Å². The van der Waals surface area contributed by atoms with Crippen molar-refractivity contribution >= 4 is 28.6 Å². The zero-order chi connectivity index (χ0) is 24.7. The number of aryl methyl sites for hydroxylation is 2. The molecule has 0 aliphatic carbocycles. The number of carbonyl (C=O) groups is 1. The van der Waals surface area contributed by atoms with Crippen molar-refractivity contribution in [2.75, 3.05) is 6.61 Å². The third kappa shape index (κ3) is 3.77. The molecule has 0 aliphatic rings. The Kier molecular flexibility index (Phi) is 6.05. The first-order valence-corrected chi connectivity index (χ1v) is 11.0. The molecule has 0 unspecified atom stereocenters. The van der Waals surface area contributed by atoms with Crippen molar-refractivity contribution < 1.29 is 9.53 Å². The minimum atomic E-state index is -0.828. The molecule has 0 spiro atoms. The lowest BCUT2D eigenvalue weighted by Crippen LogP contribution is -2.42. The summed E-state index contributed by atoms with van der Waals surface area (Å²) in [5.41, 5.74) is 1.17. The van der Waals surface area contributed by atoms with Gasteiger partial charge in [0.05, 0.1) is 29.9 Å². The summed E-state index contributed by atoms with van der Waals surface area (Å²) in [7, 11) is 3.28. The number of imidazole rings is 1. The first kappa shape index (κ1) is 23.3. The van der Waals surface area contributed by atoms with Gasteiger partial charge >= 0.3 is 17.3 Å². The zero-order valence-electron chi connectivity index (χ0n) is 19.2. The Bertz CT molecular complexity index is 1620. The molecule has 0 amide bonds. The maximum absolute atomic E-state index is 13.5. The Hall–Kier alpha value is -3.85. The molecule has 4 rings (SSSR count). The van der Waals surface area contributed by atoms with E-state index in [1.54, 1.807) is 64.3 Å². The fraction of sp³-hybridized carbons (Fsp3) is 0.250. The number of rotatable bonds is 5. The average Bonchev–Trinajstić information content (AvgIpc) is 3.03. The molecular weight excluding hydrogens is 460 g/mol. The SMILES string of the molecule is CCOC(=O)c1cn(-c2ccc3c(c2)n(C)c(=O)n3C)c(=O)n(Cc2cccc(Cl)c2C)c1=O. The molecule has 0 fully saturated rings. The largest absolute Gasteiger partial charge is 0.462 e. The normalized spacial score (nSPS) is 11.2. The highest BCUT2D eigenvalue weighted by Gasteiger charge is 2.21. The van der Waals surface area contributed by atoms with Gasteiger partial charge < -0.3 is 4.74 Å². The topological polar surface area (TPSA) is 97.2 Å². The van der Waals surface area contributed by atoms with Crippen LogP contribution in [0.25, 0.3) is 16.7 Å². The summed E-state index contributed by atoms with van der Waals surface area (Å²) < 4.78 is 10.2. The number of fused-ring (bicyclic) bond motifs is 1. The molecule has 0 radical (unpaired) electrons. The van der Waals surface area contributed by atoms with Gasteiger partial charge in [0.25, 0.3) is 5.56 Å². The summed E-state index contributed by atoms with van der Waals surface area (Å²) in [4.78, 5) is 51.6. The molecule has 176 valence electrons. The smallest absolute Gasteiger partial charge is 0.345 e. The van der Waals surface area contributed by atoms with E-state index in [1.165, 1.54) is 19.9 Å². The predicted molar refractivity (Wildman–Crippen MR) is 129 cm³/mol. The van der Waals surface area contributed by atoms with Crippen molar-refractivity contribution in [3.63, 3.8) is 0 Å². The fourth-order valence-corrected chi connectivity index (χ4v) is 4.11. The van der Waals surface area contributed by atoms with Crippen molar-refractivity contribution in [2.45, 2.75) is 20.4 Å². The average molecular weight is 483 g/mol. The van der Waals surface area contributed by atoms with Crippen LogP contribution in [0.15, 0.2) is 57.0 Å². The van der Waals surface area contributed by atoms with Crippen LogP contribution >= 0.6 is 11.6 Å². The number of aromatic nitrogens is 4. The highest BCUT2D eigenvalue weighted by atomic mass is 35.5. The minimum Gasteiger partial charge on any atom is -0.462 e. The maximum atomic E-state index is 13.5. The molecule has 0 atom stereocenters. The molecule has 2 aromatic carbocycles. The van der Waals surface area contributed by atoms with Crippen LogP contribution in [0.3, 0.4) is 0 Å². The van der Waals surface area contributed by atoms with Gasteiger partial charge in [-0.25, -0.2) is 14.4 Å². The quantitative estimate of drug-likeness (QED) is 0.407.